The summed E-state index contributed by atoms with van der Waals surface area (Å²) in [6, 6.07) is 6.67. The lowest BCUT2D eigenvalue weighted by molar-refractivity contribution is -0.121. The maximum atomic E-state index is 11.8. The van der Waals surface area contributed by atoms with E-state index in [1.54, 1.807) is 31.2 Å². The fourth-order valence-electron chi connectivity index (χ4n) is 2.06. The summed E-state index contributed by atoms with van der Waals surface area (Å²) in [5.41, 5.74) is 0.958. The number of amides is 1. The Balaban J connectivity index is 2.43. The van der Waals surface area contributed by atoms with E-state index in [-0.39, 0.29) is 10.8 Å². The fraction of sp³-hybridized carbons (Fsp3) is 0.562. The first-order chi connectivity index (χ1) is 10.5. The number of hydrogen-bond acceptors (Lipinski definition) is 3. The van der Waals surface area contributed by atoms with Crippen molar-refractivity contribution in [2.24, 2.45) is 0 Å². The molecule has 0 aliphatic heterocycles. The zero-order valence-electron chi connectivity index (χ0n) is 13.4. The molecule has 1 aromatic rings. The van der Waals surface area contributed by atoms with Crippen LogP contribution in [0.1, 0.15) is 45.1 Å². The van der Waals surface area contributed by atoms with E-state index in [9.17, 15) is 13.2 Å². The molecule has 22 heavy (non-hydrogen) atoms. The van der Waals surface area contributed by atoms with Crippen LogP contribution in [-0.4, -0.2) is 27.4 Å². The largest absolute Gasteiger partial charge is 0.356 e. The maximum Gasteiger partial charge on any atom is 0.240 e. The molecule has 0 heterocycles. The normalized spacial score (nSPS) is 11.4. The summed E-state index contributed by atoms with van der Waals surface area (Å²) in [4.78, 5) is 11.9. The lowest BCUT2D eigenvalue weighted by Crippen LogP contribution is -2.24. The summed E-state index contributed by atoms with van der Waals surface area (Å²) < 4.78 is 26.1. The van der Waals surface area contributed by atoms with Gasteiger partial charge in [0.05, 0.1) is 4.90 Å². The molecule has 0 aliphatic carbocycles. The van der Waals surface area contributed by atoms with Gasteiger partial charge in [-0.2, -0.15) is 0 Å². The van der Waals surface area contributed by atoms with Gasteiger partial charge in [-0.25, -0.2) is 13.1 Å². The molecule has 6 heteroatoms. The minimum atomic E-state index is -3.41. The molecular weight excluding hydrogens is 300 g/mol. The molecule has 0 aliphatic rings. The van der Waals surface area contributed by atoms with Gasteiger partial charge in [0.15, 0.2) is 0 Å². The zero-order chi connectivity index (χ0) is 16.4. The van der Waals surface area contributed by atoms with Crippen LogP contribution in [0.25, 0.3) is 0 Å². The van der Waals surface area contributed by atoms with Crippen LogP contribution >= 0.6 is 0 Å². The highest BCUT2D eigenvalue weighted by molar-refractivity contribution is 7.89. The number of nitrogens with one attached hydrogen (secondary N) is 2. The molecule has 0 saturated heterocycles. The van der Waals surface area contributed by atoms with Crippen molar-refractivity contribution < 1.29 is 13.2 Å². The highest BCUT2D eigenvalue weighted by Gasteiger charge is 2.12. The molecule has 2 N–H and O–H groups in total. The maximum absolute atomic E-state index is 11.8. The first-order valence-electron chi connectivity index (χ1n) is 7.85. The van der Waals surface area contributed by atoms with Crippen molar-refractivity contribution in [2.45, 2.75) is 50.8 Å². The Morgan fingerprint density at radius 1 is 1.09 bits per heavy atom. The average molecular weight is 326 g/mol. The minimum absolute atomic E-state index is 0.0421. The Labute approximate surface area is 133 Å². The van der Waals surface area contributed by atoms with Gasteiger partial charge >= 0.3 is 0 Å². The molecule has 0 saturated carbocycles. The van der Waals surface area contributed by atoms with Gasteiger partial charge in [-0.3, -0.25) is 4.79 Å². The van der Waals surface area contributed by atoms with Gasteiger partial charge in [0.25, 0.3) is 0 Å². The topological polar surface area (TPSA) is 75.3 Å². The number of hydrogen-bond donors (Lipinski definition) is 2. The van der Waals surface area contributed by atoms with Gasteiger partial charge in [0, 0.05) is 19.5 Å². The third-order valence-corrected chi connectivity index (χ3v) is 4.87. The molecule has 0 aromatic heterocycles. The van der Waals surface area contributed by atoms with Crippen LogP contribution < -0.4 is 10.0 Å². The molecule has 0 fully saturated rings. The standard InChI is InChI=1S/C16H26N2O3S/c1-3-5-6-13-17-16(19)12-9-14-7-10-15(11-8-14)22(20,21)18-4-2/h7-8,10-11,18H,3-6,9,12-13H2,1-2H3,(H,17,19). The Hall–Kier alpha value is -1.40. The molecule has 1 amide bonds. The Morgan fingerprint density at radius 2 is 1.77 bits per heavy atom. The highest BCUT2D eigenvalue weighted by atomic mass is 32.2. The van der Waals surface area contributed by atoms with Crippen molar-refractivity contribution in [3.05, 3.63) is 29.8 Å². The number of carbonyl (C=O) groups excluding carboxylic acids is 1. The predicted molar refractivity (Wildman–Crippen MR) is 88.2 cm³/mol. The van der Waals surface area contributed by atoms with Crippen LogP contribution in [0.5, 0.6) is 0 Å². The summed E-state index contributed by atoms with van der Waals surface area (Å²) >= 11 is 0. The molecule has 0 radical (unpaired) electrons. The fourth-order valence-corrected chi connectivity index (χ4v) is 3.10. The number of carbonyl (C=O) groups is 1. The summed E-state index contributed by atoms with van der Waals surface area (Å²) in [5, 5.41) is 2.90. The van der Waals surface area contributed by atoms with Crippen molar-refractivity contribution in [1.29, 1.82) is 0 Å². The monoisotopic (exact) mass is 326 g/mol. The van der Waals surface area contributed by atoms with E-state index >= 15 is 0 Å². The van der Waals surface area contributed by atoms with Gasteiger partial charge in [-0.1, -0.05) is 38.8 Å². The second-order valence-corrected chi connectivity index (χ2v) is 6.97. The smallest absolute Gasteiger partial charge is 0.240 e. The number of unbranched alkanes of at least 4 members (excludes halogenated alkanes) is 2. The van der Waals surface area contributed by atoms with Gasteiger partial charge in [0.2, 0.25) is 15.9 Å². The van der Waals surface area contributed by atoms with Gasteiger partial charge in [0.1, 0.15) is 0 Å². The van der Waals surface area contributed by atoms with E-state index in [4.69, 9.17) is 0 Å². The van der Waals surface area contributed by atoms with Crippen molar-refractivity contribution in [1.82, 2.24) is 10.0 Å². The van der Waals surface area contributed by atoms with Crippen LogP contribution in [0.3, 0.4) is 0 Å². The van der Waals surface area contributed by atoms with E-state index < -0.39 is 10.0 Å². The van der Waals surface area contributed by atoms with Crippen molar-refractivity contribution in [3.63, 3.8) is 0 Å². The van der Waals surface area contributed by atoms with Crippen molar-refractivity contribution >= 4 is 15.9 Å². The van der Waals surface area contributed by atoms with E-state index in [2.05, 4.69) is 17.0 Å². The number of aryl methyl sites for hydroxylation is 1. The lowest BCUT2D eigenvalue weighted by atomic mass is 10.1. The Morgan fingerprint density at radius 3 is 2.36 bits per heavy atom. The number of sulfonamides is 1. The summed E-state index contributed by atoms with van der Waals surface area (Å²) in [6.45, 7) is 4.96. The highest BCUT2D eigenvalue weighted by Crippen LogP contribution is 2.11. The molecule has 124 valence electrons. The molecule has 0 bridgehead atoms. The summed E-state index contributed by atoms with van der Waals surface area (Å²) in [6.07, 6.45) is 4.31. The SMILES string of the molecule is CCCCCNC(=O)CCc1ccc(S(=O)(=O)NCC)cc1. The first kappa shape index (κ1) is 18.6. The molecule has 5 nitrogen and oxygen atoms in total. The molecular formula is C16H26N2O3S. The molecule has 1 aromatic carbocycles. The third-order valence-electron chi connectivity index (χ3n) is 3.31. The molecule has 1 rings (SSSR count). The predicted octanol–water partition coefficient (Wildman–Crippen LogP) is 2.22. The van der Waals surface area contributed by atoms with E-state index in [1.165, 1.54) is 0 Å². The first-order valence-corrected chi connectivity index (χ1v) is 9.33. The average Bonchev–Trinajstić information content (AvgIpc) is 2.50. The van der Waals surface area contributed by atoms with Crippen LogP contribution in [0.2, 0.25) is 0 Å². The second kappa shape index (κ2) is 9.58. The van der Waals surface area contributed by atoms with Gasteiger partial charge < -0.3 is 5.32 Å². The lowest BCUT2D eigenvalue weighted by Gasteiger charge is -2.07. The third kappa shape index (κ3) is 6.58. The quantitative estimate of drug-likeness (QED) is 0.647. The van der Waals surface area contributed by atoms with Crippen molar-refractivity contribution in [2.75, 3.05) is 13.1 Å². The van der Waals surface area contributed by atoms with Crippen LogP contribution in [-0.2, 0) is 21.2 Å². The zero-order valence-corrected chi connectivity index (χ0v) is 14.2. The van der Waals surface area contributed by atoms with Crippen LogP contribution in [0.15, 0.2) is 29.2 Å². The second-order valence-electron chi connectivity index (χ2n) is 5.20. The van der Waals surface area contributed by atoms with Gasteiger partial charge in [-0.05, 0) is 30.5 Å². The summed E-state index contributed by atoms with van der Waals surface area (Å²) in [5.74, 6) is 0.0421. The molecule has 0 atom stereocenters. The summed E-state index contributed by atoms with van der Waals surface area (Å²) in [7, 11) is -3.41. The van der Waals surface area contributed by atoms with E-state index in [0.717, 1.165) is 31.4 Å². The van der Waals surface area contributed by atoms with Gasteiger partial charge in [-0.15, -0.1) is 0 Å². The Kier molecular flexibility index (Phi) is 8.12. The molecule has 0 spiro atoms. The van der Waals surface area contributed by atoms with Crippen LogP contribution in [0, 0.1) is 0 Å². The van der Waals surface area contributed by atoms with Crippen LogP contribution in [0.4, 0.5) is 0 Å². The van der Waals surface area contributed by atoms with E-state index in [0.29, 0.717) is 19.4 Å². The number of rotatable bonds is 10. The Bertz CT molecular complexity index is 553. The number of benzene rings is 1. The molecule has 0 unspecified atom stereocenters. The minimum Gasteiger partial charge on any atom is -0.356 e. The van der Waals surface area contributed by atoms with E-state index in [1.807, 2.05) is 0 Å². The van der Waals surface area contributed by atoms with Crippen molar-refractivity contribution in [3.8, 4) is 0 Å².